The van der Waals surface area contributed by atoms with Crippen LogP contribution in [0.4, 0.5) is 17.6 Å². The highest BCUT2D eigenvalue weighted by Crippen LogP contribution is 2.20. The van der Waals surface area contributed by atoms with Crippen molar-refractivity contribution in [3.8, 4) is 0 Å². The molecule has 0 nitrogen and oxygen atoms in total. The summed E-state index contributed by atoms with van der Waals surface area (Å²) in [6.07, 6.45) is 2.67. The third-order valence-corrected chi connectivity index (χ3v) is 2.39. The van der Waals surface area contributed by atoms with Gasteiger partial charge in [0.15, 0.2) is 23.3 Å². The van der Waals surface area contributed by atoms with Gasteiger partial charge in [0.25, 0.3) is 0 Å². The van der Waals surface area contributed by atoms with E-state index < -0.39 is 23.3 Å². The van der Waals surface area contributed by atoms with E-state index in [2.05, 4.69) is 0 Å². The monoisotopic (exact) mass is 252 g/mol. The molecule has 0 saturated heterocycles. The first-order chi connectivity index (χ1) is 8.59. The molecule has 0 aliphatic rings. The van der Waals surface area contributed by atoms with E-state index in [0.29, 0.717) is 6.07 Å². The largest absolute Gasteiger partial charge is 0.204 e. The summed E-state index contributed by atoms with van der Waals surface area (Å²) in [6.45, 7) is 0. The highest BCUT2D eigenvalue weighted by molar-refractivity contribution is 5.69. The standard InChI is InChI=1S/C14H8F4/c15-11-8-10(12(16)14(18)13(11)17)7-6-9-4-2-1-3-5-9/h1-8H. The van der Waals surface area contributed by atoms with Crippen LogP contribution in [-0.2, 0) is 0 Å². The van der Waals surface area contributed by atoms with Gasteiger partial charge in [0.1, 0.15) is 0 Å². The predicted octanol–water partition coefficient (Wildman–Crippen LogP) is 4.41. The van der Waals surface area contributed by atoms with Crippen molar-refractivity contribution in [2.24, 2.45) is 0 Å². The number of halogens is 4. The summed E-state index contributed by atoms with van der Waals surface area (Å²) in [7, 11) is 0. The molecular formula is C14H8F4. The smallest absolute Gasteiger partial charge is 0.198 e. The Labute approximate surface area is 101 Å². The molecule has 0 aromatic heterocycles. The fourth-order valence-electron chi connectivity index (χ4n) is 1.46. The van der Waals surface area contributed by atoms with E-state index in [4.69, 9.17) is 0 Å². The van der Waals surface area contributed by atoms with Crippen molar-refractivity contribution in [2.45, 2.75) is 0 Å². The van der Waals surface area contributed by atoms with Gasteiger partial charge in [-0.15, -0.1) is 0 Å². The summed E-state index contributed by atoms with van der Waals surface area (Å²) >= 11 is 0. The van der Waals surface area contributed by atoms with Crippen LogP contribution in [0, 0.1) is 23.3 Å². The Morgan fingerprint density at radius 1 is 0.722 bits per heavy atom. The molecule has 0 aliphatic heterocycles. The van der Waals surface area contributed by atoms with Crippen molar-refractivity contribution in [3.05, 3.63) is 70.8 Å². The molecular weight excluding hydrogens is 244 g/mol. The maximum absolute atomic E-state index is 13.3. The summed E-state index contributed by atoms with van der Waals surface area (Å²) in [4.78, 5) is 0. The summed E-state index contributed by atoms with van der Waals surface area (Å²) in [5, 5.41) is 0. The number of benzene rings is 2. The van der Waals surface area contributed by atoms with Crippen molar-refractivity contribution in [3.63, 3.8) is 0 Å². The zero-order valence-electron chi connectivity index (χ0n) is 9.13. The minimum atomic E-state index is -1.80. The molecule has 2 aromatic carbocycles. The van der Waals surface area contributed by atoms with E-state index in [1.807, 2.05) is 0 Å². The third-order valence-electron chi connectivity index (χ3n) is 2.39. The molecule has 2 rings (SSSR count). The lowest BCUT2D eigenvalue weighted by Gasteiger charge is -2.01. The van der Waals surface area contributed by atoms with Crippen LogP contribution in [0.5, 0.6) is 0 Å². The van der Waals surface area contributed by atoms with Gasteiger partial charge in [-0.25, -0.2) is 17.6 Å². The molecule has 0 radical (unpaired) electrons. The quantitative estimate of drug-likeness (QED) is 0.321. The highest BCUT2D eigenvalue weighted by Gasteiger charge is 2.17. The van der Waals surface area contributed by atoms with Gasteiger partial charge in [0, 0.05) is 5.56 Å². The molecule has 18 heavy (non-hydrogen) atoms. The fourth-order valence-corrected chi connectivity index (χ4v) is 1.46. The third kappa shape index (κ3) is 2.42. The Morgan fingerprint density at radius 2 is 1.39 bits per heavy atom. The maximum Gasteiger partial charge on any atom is 0.198 e. The van der Waals surface area contributed by atoms with E-state index in [9.17, 15) is 17.6 Å². The van der Waals surface area contributed by atoms with Crippen LogP contribution >= 0.6 is 0 Å². The van der Waals surface area contributed by atoms with Crippen molar-refractivity contribution in [1.29, 1.82) is 0 Å². The summed E-state index contributed by atoms with van der Waals surface area (Å²) in [5.74, 6) is -6.42. The first-order valence-electron chi connectivity index (χ1n) is 5.15. The molecule has 92 valence electrons. The SMILES string of the molecule is Fc1cc(C=Cc2ccccc2)c(F)c(F)c1F. The average Bonchev–Trinajstić information content (AvgIpc) is 2.40. The summed E-state index contributed by atoms with van der Waals surface area (Å²) in [6, 6.07) is 9.43. The van der Waals surface area contributed by atoms with Gasteiger partial charge in [-0.2, -0.15) is 0 Å². The van der Waals surface area contributed by atoms with Crippen LogP contribution in [0.25, 0.3) is 12.2 Å². The maximum atomic E-state index is 13.3. The summed E-state index contributed by atoms with van der Waals surface area (Å²) < 4.78 is 51.9. The topological polar surface area (TPSA) is 0 Å². The fraction of sp³-hybridized carbons (Fsp3) is 0. The van der Waals surface area contributed by atoms with E-state index >= 15 is 0 Å². The normalized spacial score (nSPS) is 11.1. The highest BCUT2D eigenvalue weighted by atomic mass is 19.2. The number of hydrogen-bond acceptors (Lipinski definition) is 0. The predicted molar refractivity (Wildman–Crippen MR) is 61.6 cm³/mol. The first-order valence-corrected chi connectivity index (χ1v) is 5.15. The summed E-state index contributed by atoms with van der Waals surface area (Å²) in [5.41, 5.74) is 0.400. The number of hydrogen-bond donors (Lipinski definition) is 0. The van der Waals surface area contributed by atoms with Crippen LogP contribution in [-0.4, -0.2) is 0 Å². The molecule has 0 amide bonds. The van der Waals surface area contributed by atoms with Crippen LogP contribution in [0.3, 0.4) is 0 Å². The molecule has 0 N–H and O–H groups in total. The Bertz CT molecular complexity index is 588. The molecule has 4 heteroatoms. The van der Waals surface area contributed by atoms with Crippen LogP contribution in [0.1, 0.15) is 11.1 Å². The van der Waals surface area contributed by atoms with Crippen molar-refractivity contribution < 1.29 is 17.6 Å². The first kappa shape index (κ1) is 12.4. The lowest BCUT2D eigenvalue weighted by atomic mass is 10.1. The second kappa shape index (κ2) is 5.04. The molecule has 0 bridgehead atoms. The van der Waals surface area contributed by atoms with Gasteiger partial charge >= 0.3 is 0 Å². The lowest BCUT2D eigenvalue weighted by molar-refractivity contribution is 0.408. The molecule has 0 saturated carbocycles. The Kier molecular flexibility index (Phi) is 3.46. The molecule has 0 spiro atoms. The molecule has 0 heterocycles. The molecule has 0 fully saturated rings. The molecule has 2 aromatic rings. The van der Waals surface area contributed by atoms with E-state index in [0.717, 1.165) is 5.56 Å². The van der Waals surface area contributed by atoms with Crippen molar-refractivity contribution >= 4 is 12.2 Å². The molecule has 0 aliphatic carbocycles. The molecule has 0 unspecified atom stereocenters. The van der Waals surface area contributed by atoms with E-state index in [1.54, 1.807) is 30.3 Å². The van der Waals surface area contributed by atoms with Gasteiger partial charge < -0.3 is 0 Å². The van der Waals surface area contributed by atoms with Gasteiger partial charge in [-0.3, -0.25) is 0 Å². The van der Waals surface area contributed by atoms with Crippen molar-refractivity contribution in [2.75, 3.05) is 0 Å². The van der Waals surface area contributed by atoms with Crippen molar-refractivity contribution in [1.82, 2.24) is 0 Å². The average molecular weight is 252 g/mol. The van der Waals surface area contributed by atoms with Gasteiger partial charge in [-0.05, 0) is 11.6 Å². The van der Waals surface area contributed by atoms with E-state index in [-0.39, 0.29) is 5.56 Å². The second-order valence-corrected chi connectivity index (χ2v) is 3.63. The Morgan fingerprint density at radius 3 is 2.06 bits per heavy atom. The lowest BCUT2D eigenvalue weighted by Crippen LogP contribution is -1.97. The van der Waals surface area contributed by atoms with Crippen LogP contribution in [0.2, 0.25) is 0 Å². The minimum Gasteiger partial charge on any atom is -0.204 e. The van der Waals surface area contributed by atoms with Gasteiger partial charge in [0.05, 0.1) is 0 Å². The number of rotatable bonds is 2. The second-order valence-electron chi connectivity index (χ2n) is 3.63. The van der Waals surface area contributed by atoms with Crippen LogP contribution < -0.4 is 0 Å². The van der Waals surface area contributed by atoms with Crippen LogP contribution in [0.15, 0.2) is 36.4 Å². The Hall–Kier alpha value is -2.10. The zero-order chi connectivity index (χ0) is 13.1. The van der Waals surface area contributed by atoms with Gasteiger partial charge in [-0.1, -0.05) is 42.5 Å². The minimum absolute atomic E-state index is 0.338. The Balaban J connectivity index is 2.39. The van der Waals surface area contributed by atoms with E-state index in [1.165, 1.54) is 12.2 Å². The molecule has 0 atom stereocenters. The van der Waals surface area contributed by atoms with Gasteiger partial charge in [0.2, 0.25) is 0 Å². The zero-order valence-corrected chi connectivity index (χ0v) is 9.13.